The van der Waals surface area contributed by atoms with Crippen molar-refractivity contribution in [3.05, 3.63) is 30.1 Å². The van der Waals surface area contributed by atoms with E-state index < -0.39 is 5.60 Å². The first-order valence-electron chi connectivity index (χ1n) is 7.49. The third-order valence-corrected chi connectivity index (χ3v) is 4.34. The van der Waals surface area contributed by atoms with Crippen LogP contribution < -0.4 is 5.32 Å². The highest BCUT2D eigenvalue weighted by Gasteiger charge is 2.32. The van der Waals surface area contributed by atoms with Crippen molar-refractivity contribution in [2.24, 2.45) is 5.92 Å². The molecule has 1 fully saturated rings. The van der Waals surface area contributed by atoms with Gasteiger partial charge in [0.25, 0.3) is 0 Å². The highest BCUT2D eigenvalue weighted by Crippen LogP contribution is 2.33. The number of hydrogen-bond donors (Lipinski definition) is 2. The summed E-state index contributed by atoms with van der Waals surface area (Å²) in [5, 5.41) is 13.3. The summed E-state index contributed by atoms with van der Waals surface area (Å²) in [5.41, 5.74) is 0.235. The van der Waals surface area contributed by atoms with Crippen LogP contribution in [0, 0.1) is 5.92 Å². The van der Waals surface area contributed by atoms with Gasteiger partial charge in [-0.3, -0.25) is 9.78 Å². The number of carbonyl (C=O) groups excluding carboxylic acids is 1. The Balaban J connectivity index is 1.76. The molecule has 2 N–H and O–H groups in total. The van der Waals surface area contributed by atoms with E-state index in [9.17, 15) is 9.90 Å². The molecule has 0 bridgehead atoms. The summed E-state index contributed by atoms with van der Waals surface area (Å²) < 4.78 is 0. The van der Waals surface area contributed by atoms with Gasteiger partial charge in [-0.25, -0.2) is 0 Å². The topological polar surface area (TPSA) is 62.2 Å². The minimum Gasteiger partial charge on any atom is -0.388 e. The minimum atomic E-state index is -0.709. The third-order valence-electron chi connectivity index (χ3n) is 4.34. The molecule has 4 heteroatoms. The van der Waals surface area contributed by atoms with Crippen LogP contribution in [0.3, 0.4) is 0 Å². The minimum absolute atomic E-state index is 0.0396. The molecule has 110 valence electrons. The second kappa shape index (κ2) is 6.84. The Morgan fingerprint density at radius 3 is 2.65 bits per heavy atom. The SMILES string of the molecule is CCC1CCC(O)(CNC(=O)Cc2ccncc2)CC1. The molecule has 1 aliphatic carbocycles. The van der Waals surface area contributed by atoms with E-state index in [1.165, 1.54) is 6.42 Å². The monoisotopic (exact) mass is 276 g/mol. The number of aromatic nitrogens is 1. The van der Waals surface area contributed by atoms with Gasteiger partial charge in [0.15, 0.2) is 0 Å². The van der Waals surface area contributed by atoms with Crippen molar-refractivity contribution < 1.29 is 9.90 Å². The number of nitrogens with zero attached hydrogens (tertiary/aromatic N) is 1. The Hall–Kier alpha value is -1.42. The summed E-state index contributed by atoms with van der Waals surface area (Å²) in [7, 11) is 0. The lowest BCUT2D eigenvalue weighted by atomic mass is 9.78. The van der Waals surface area contributed by atoms with E-state index in [1.807, 2.05) is 12.1 Å². The van der Waals surface area contributed by atoms with E-state index in [1.54, 1.807) is 12.4 Å². The van der Waals surface area contributed by atoms with E-state index in [0.29, 0.717) is 13.0 Å². The summed E-state index contributed by atoms with van der Waals surface area (Å²) in [6, 6.07) is 3.67. The van der Waals surface area contributed by atoms with Gasteiger partial charge < -0.3 is 10.4 Å². The average molecular weight is 276 g/mol. The van der Waals surface area contributed by atoms with Crippen LogP contribution in [0.5, 0.6) is 0 Å². The molecular formula is C16H24N2O2. The normalized spacial score (nSPS) is 26.2. The molecule has 0 aromatic carbocycles. The third kappa shape index (κ3) is 4.30. The summed E-state index contributed by atoms with van der Waals surface area (Å²) in [5.74, 6) is 0.699. The van der Waals surface area contributed by atoms with Crippen LogP contribution in [0.25, 0.3) is 0 Å². The van der Waals surface area contributed by atoms with Crippen molar-refractivity contribution in [2.75, 3.05) is 6.54 Å². The molecule has 0 aliphatic heterocycles. The van der Waals surface area contributed by atoms with Crippen molar-refractivity contribution in [1.29, 1.82) is 0 Å². The summed E-state index contributed by atoms with van der Waals surface area (Å²) in [4.78, 5) is 15.8. The lowest BCUT2D eigenvalue weighted by molar-refractivity contribution is -0.122. The van der Waals surface area contributed by atoms with Crippen molar-refractivity contribution in [2.45, 2.75) is 51.0 Å². The zero-order valence-electron chi connectivity index (χ0n) is 12.1. The van der Waals surface area contributed by atoms with Crippen molar-refractivity contribution in [3.63, 3.8) is 0 Å². The van der Waals surface area contributed by atoms with E-state index >= 15 is 0 Å². The standard InChI is InChI=1S/C16H24N2O2/c1-2-13-3-7-16(20,8-4-13)12-18-15(19)11-14-5-9-17-10-6-14/h5-6,9-10,13,20H,2-4,7-8,11-12H2,1H3,(H,18,19). The highest BCUT2D eigenvalue weighted by atomic mass is 16.3. The van der Waals surface area contributed by atoms with Gasteiger partial charge in [0.2, 0.25) is 5.91 Å². The van der Waals surface area contributed by atoms with Gasteiger partial charge >= 0.3 is 0 Å². The van der Waals surface area contributed by atoms with Gasteiger partial charge in [-0.15, -0.1) is 0 Å². The van der Waals surface area contributed by atoms with Gasteiger partial charge in [0.1, 0.15) is 0 Å². The Bertz CT molecular complexity index is 425. The summed E-state index contributed by atoms with van der Waals surface area (Å²) >= 11 is 0. The first-order valence-corrected chi connectivity index (χ1v) is 7.49. The lowest BCUT2D eigenvalue weighted by Gasteiger charge is -2.35. The molecule has 20 heavy (non-hydrogen) atoms. The van der Waals surface area contributed by atoms with Crippen molar-refractivity contribution in [1.82, 2.24) is 10.3 Å². The Labute approximate surface area is 120 Å². The summed E-state index contributed by atoms with van der Waals surface area (Å²) in [6.07, 6.45) is 8.60. The van der Waals surface area contributed by atoms with Gasteiger partial charge in [-0.2, -0.15) is 0 Å². The van der Waals surface area contributed by atoms with Crippen LogP contribution in [0.2, 0.25) is 0 Å². The first kappa shape index (κ1) is 15.0. The fourth-order valence-corrected chi connectivity index (χ4v) is 2.81. The molecule has 1 amide bonds. The lowest BCUT2D eigenvalue weighted by Crippen LogP contribution is -2.45. The molecular weight excluding hydrogens is 252 g/mol. The average Bonchev–Trinajstić information content (AvgIpc) is 2.47. The van der Waals surface area contributed by atoms with Crippen LogP contribution in [0.1, 0.15) is 44.6 Å². The van der Waals surface area contributed by atoms with E-state index in [0.717, 1.165) is 37.2 Å². The maximum Gasteiger partial charge on any atom is 0.224 e. The Kier molecular flexibility index (Phi) is 5.12. The zero-order valence-corrected chi connectivity index (χ0v) is 12.1. The van der Waals surface area contributed by atoms with Crippen LogP contribution in [0.4, 0.5) is 0 Å². The predicted molar refractivity (Wildman–Crippen MR) is 78.1 cm³/mol. The van der Waals surface area contributed by atoms with E-state index in [2.05, 4.69) is 17.2 Å². The van der Waals surface area contributed by atoms with Crippen LogP contribution in [0.15, 0.2) is 24.5 Å². The molecule has 1 saturated carbocycles. The van der Waals surface area contributed by atoms with Crippen LogP contribution in [-0.2, 0) is 11.2 Å². The van der Waals surface area contributed by atoms with E-state index in [4.69, 9.17) is 0 Å². The Morgan fingerprint density at radius 2 is 2.05 bits per heavy atom. The fourth-order valence-electron chi connectivity index (χ4n) is 2.81. The highest BCUT2D eigenvalue weighted by molar-refractivity contribution is 5.78. The van der Waals surface area contributed by atoms with Crippen molar-refractivity contribution in [3.8, 4) is 0 Å². The second-order valence-corrected chi connectivity index (χ2v) is 5.88. The number of nitrogens with one attached hydrogen (secondary N) is 1. The molecule has 0 spiro atoms. The van der Waals surface area contributed by atoms with Gasteiger partial charge in [0.05, 0.1) is 12.0 Å². The van der Waals surface area contributed by atoms with Crippen LogP contribution in [-0.4, -0.2) is 28.1 Å². The molecule has 1 heterocycles. The molecule has 0 atom stereocenters. The predicted octanol–water partition coefficient (Wildman–Crippen LogP) is 2.07. The van der Waals surface area contributed by atoms with Crippen molar-refractivity contribution >= 4 is 5.91 Å². The zero-order chi connectivity index (χ0) is 14.4. The fraction of sp³-hybridized carbons (Fsp3) is 0.625. The number of pyridine rings is 1. The maximum absolute atomic E-state index is 11.9. The van der Waals surface area contributed by atoms with Crippen LogP contribution >= 0.6 is 0 Å². The Morgan fingerprint density at radius 1 is 1.40 bits per heavy atom. The number of aliphatic hydroxyl groups is 1. The second-order valence-electron chi connectivity index (χ2n) is 5.88. The molecule has 0 unspecified atom stereocenters. The molecule has 2 rings (SSSR count). The molecule has 4 nitrogen and oxygen atoms in total. The maximum atomic E-state index is 11.9. The van der Waals surface area contributed by atoms with Gasteiger partial charge in [-0.05, 0) is 49.3 Å². The molecule has 1 aromatic rings. The number of rotatable bonds is 5. The smallest absolute Gasteiger partial charge is 0.224 e. The quantitative estimate of drug-likeness (QED) is 0.865. The molecule has 1 aromatic heterocycles. The number of carbonyl (C=O) groups is 1. The molecule has 1 aliphatic rings. The largest absolute Gasteiger partial charge is 0.388 e. The van der Waals surface area contributed by atoms with E-state index in [-0.39, 0.29) is 5.91 Å². The first-order chi connectivity index (χ1) is 9.61. The van der Waals surface area contributed by atoms with Gasteiger partial charge in [0, 0.05) is 18.9 Å². The molecule has 0 saturated heterocycles. The molecule has 0 radical (unpaired) electrons. The summed E-state index contributed by atoms with van der Waals surface area (Å²) in [6.45, 7) is 2.57. The van der Waals surface area contributed by atoms with Gasteiger partial charge in [-0.1, -0.05) is 13.3 Å². The number of hydrogen-bond acceptors (Lipinski definition) is 3. The number of amides is 1.